The highest BCUT2D eigenvalue weighted by atomic mass is 32.2. The van der Waals surface area contributed by atoms with Crippen LogP contribution in [0.15, 0.2) is 30.3 Å². The average Bonchev–Trinajstić information content (AvgIpc) is 2.22. The van der Waals surface area contributed by atoms with Crippen LogP contribution in [0.25, 0.3) is 0 Å². The van der Waals surface area contributed by atoms with Gasteiger partial charge in [0.25, 0.3) is 20.2 Å². The van der Waals surface area contributed by atoms with Crippen LogP contribution in [-0.2, 0) is 20.2 Å². The van der Waals surface area contributed by atoms with Gasteiger partial charge in [-0.2, -0.15) is 16.8 Å². The molecule has 18 heavy (non-hydrogen) atoms. The molecule has 1 aromatic rings. The van der Waals surface area contributed by atoms with Crippen LogP contribution in [-0.4, -0.2) is 43.5 Å². The minimum atomic E-state index is -4.57. The Morgan fingerprint density at radius 3 is 2.06 bits per heavy atom. The number of hydrogen-bond donors (Lipinski definition) is 3. The first kappa shape index (κ1) is 14.9. The first-order valence-electron chi connectivity index (χ1n) is 4.89. The normalized spacial score (nSPS) is 14.1. The maximum absolute atomic E-state index is 11.0. The predicted molar refractivity (Wildman–Crippen MR) is 66.7 cm³/mol. The first-order chi connectivity index (χ1) is 8.18. The molecular weight excluding hydrogens is 282 g/mol. The van der Waals surface area contributed by atoms with Crippen molar-refractivity contribution in [3.05, 3.63) is 30.3 Å². The van der Waals surface area contributed by atoms with Gasteiger partial charge in [-0.3, -0.25) is 9.11 Å². The number of rotatable bonds is 6. The molecular formula is C9H13NO6S2. The molecule has 1 aromatic carbocycles. The fourth-order valence-electron chi connectivity index (χ4n) is 1.27. The molecule has 7 nitrogen and oxygen atoms in total. The SMILES string of the molecule is O=S(=O)(O)CC(CNc1ccccc1)S(=O)(=O)O. The molecule has 1 unspecified atom stereocenters. The Morgan fingerprint density at radius 2 is 1.61 bits per heavy atom. The van der Waals surface area contributed by atoms with Crippen LogP contribution in [0.3, 0.4) is 0 Å². The Kier molecular flexibility index (Phi) is 4.68. The smallest absolute Gasteiger partial charge is 0.270 e. The fourth-order valence-corrected chi connectivity index (χ4v) is 3.36. The van der Waals surface area contributed by atoms with Gasteiger partial charge in [0.2, 0.25) is 0 Å². The maximum atomic E-state index is 11.0. The maximum Gasteiger partial charge on any atom is 0.270 e. The van der Waals surface area contributed by atoms with E-state index in [9.17, 15) is 16.8 Å². The summed E-state index contributed by atoms with van der Waals surface area (Å²) in [5.74, 6) is -1.06. The minimum Gasteiger partial charge on any atom is -0.384 e. The van der Waals surface area contributed by atoms with E-state index in [0.29, 0.717) is 5.69 Å². The lowest BCUT2D eigenvalue weighted by molar-refractivity contribution is 0.459. The molecule has 1 atom stereocenters. The van der Waals surface area contributed by atoms with Crippen molar-refractivity contribution in [1.82, 2.24) is 0 Å². The van der Waals surface area contributed by atoms with Crippen molar-refractivity contribution < 1.29 is 25.9 Å². The van der Waals surface area contributed by atoms with Crippen molar-refractivity contribution in [1.29, 1.82) is 0 Å². The summed E-state index contributed by atoms with van der Waals surface area (Å²) in [6.07, 6.45) is 0. The fraction of sp³-hybridized carbons (Fsp3) is 0.333. The van der Waals surface area contributed by atoms with E-state index in [1.165, 1.54) is 0 Å². The Balaban J connectivity index is 2.75. The van der Waals surface area contributed by atoms with E-state index in [1.807, 2.05) is 0 Å². The number of para-hydroxylation sites is 1. The summed E-state index contributed by atoms with van der Waals surface area (Å²) in [6, 6.07) is 8.45. The number of anilines is 1. The largest absolute Gasteiger partial charge is 0.384 e. The van der Waals surface area contributed by atoms with E-state index in [4.69, 9.17) is 9.11 Å². The molecule has 0 bridgehead atoms. The molecule has 0 aliphatic heterocycles. The summed E-state index contributed by atoms with van der Waals surface area (Å²) < 4.78 is 60.7. The van der Waals surface area contributed by atoms with Crippen LogP contribution in [0.1, 0.15) is 0 Å². The molecule has 0 saturated heterocycles. The van der Waals surface area contributed by atoms with Gasteiger partial charge in [0.05, 0.1) is 5.75 Å². The zero-order valence-electron chi connectivity index (χ0n) is 9.22. The average molecular weight is 295 g/mol. The molecule has 0 amide bonds. The van der Waals surface area contributed by atoms with Crippen molar-refractivity contribution in [3.63, 3.8) is 0 Å². The third-order valence-corrected chi connectivity index (χ3v) is 4.34. The predicted octanol–water partition coefficient (Wildman–Crippen LogP) is 0.243. The molecule has 0 aliphatic rings. The lowest BCUT2D eigenvalue weighted by Gasteiger charge is -2.14. The number of nitrogens with one attached hydrogen (secondary N) is 1. The summed E-state index contributed by atoms with van der Waals surface area (Å²) in [5.41, 5.74) is 0.571. The van der Waals surface area contributed by atoms with Crippen molar-refractivity contribution >= 4 is 25.9 Å². The van der Waals surface area contributed by atoms with Gasteiger partial charge < -0.3 is 5.32 Å². The van der Waals surface area contributed by atoms with Crippen LogP contribution in [0.5, 0.6) is 0 Å². The second-order valence-corrected chi connectivity index (χ2v) is 6.83. The molecule has 0 spiro atoms. The second kappa shape index (κ2) is 5.65. The van der Waals surface area contributed by atoms with E-state index < -0.39 is 31.2 Å². The monoisotopic (exact) mass is 295 g/mol. The molecule has 0 heterocycles. The molecule has 0 aromatic heterocycles. The molecule has 0 radical (unpaired) electrons. The van der Waals surface area contributed by atoms with Gasteiger partial charge in [-0.05, 0) is 12.1 Å². The highest BCUT2D eigenvalue weighted by Gasteiger charge is 2.28. The van der Waals surface area contributed by atoms with Gasteiger partial charge in [-0.25, -0.2) is 0 Å². The third-order valence-electron chi connectivity index (χ3n) is 2.13. The molecule has 9 heteroatoms. The Bertz CT molecular complexity index is 581. The first-order valence-corrected chi connectivity index (χ1v) is 8.00. The summed E-state index contributed by atoms with van der Waals surface area (Å²) in [7, 11) is -9.06. The summed E-state index contributed by atoms with van der Waals surface area (Å²) in [6.45, 7) is -0.331. The molecule has 1 rings (SSSR count). The third kappa shape index (κ3) is 5.45. The van der Waals surface area contributed by atoms with Gasteiger partial charge in [0, 0.05) is 12.2 Å². The molecule has 0 saturated carbocycles. The summed E-state index contributed by atoms with van der Waals surface area (Å²) in [5, 5.41) is 1.03. The summed E-state index contributed by atoms with van der Waals surface area (Å²) in [4.78, 5) is 0. The second-order valence-electron chi connectivity index (χ2n) is 3.63. The molecule has 0 fully saturated rings. The topological polar surface area (TPSA) is 121 Å². The van der Waals surface area contributed by atoms with Gasteiger partial charge in [-0.15, -0.1) is 0 Å². The standard InChI is InChI=1S/C9H13NO6S2/c11-17(12,13)7-9(18(14,15)16)6-10-8-4-2-1-3-5-8/h1-5,9-10H,6-7H2,(H,11,12,13)(H,14,15,16). The Hall–Kier alpha value is -1.16. The van der Waals surface area contributed by atoms with E-state index in [0.717, 1.165) is 0 Å². The highest BCUT2D eigenvalue weighted by molar-refractivity contribution is 7.90. The van der Waals surface area contributed by atoms with Crippen molar-refractivity contribution in [2.24, 2.45) is 0 Å². The van der Waals surface area contributed by atoms with E-state index in [-0.39, 0.29) is 6.54 Å². The lowest BCUT2D eigenvalue weighted by atomic mass is 10.3. The molecule has 0 aliphatic carbocycles. The van der Waals surface area contributed by atoms with Crippen LogP contribution in [0.2, 0.25) is 0 Å². The lowest BCUT2D eigenvalue weighted by Crippen LogP contribution is -2.35. The van der Waals surface area contributed by atoms with E-state index >= 15 is 0 Å². The molecule has 3 N–H and O–H groups in total. The van der Waals surface area contributed by atoms with Crippen molar-refractivity contribution in [2.45, 2.75) is 5.25 Å². The van der Waals surface area contributed by atoms with Crippen LogP contribution in [0.4, 0.5) is 5.69 Å². The number of benzene rings is 1. The van der Waals surface area contributed by atoms with Gasteiger partial charge in [-0.1, -0.05) is 18.2 Å². The minimum absolute atomic E-state index is 0.331. The zero-order chi connectivity index (χ0) is 13.8. The Morgan fingerprint density at radius 1 is 1.06 bits per heavy atom. The zero-order valence-corrected chi connectivity index (χ0v) is 10.9. The van der Waals surface area contributed by atoms with Crippen LogP contribution >= 0.6 is 0 Å². The van der Waals surface area contributed by atoms with Crippen LogP contribution in [0, 0.1) is 0 Å². The van der Waals surface area contributed by atoms with Crippen molar-refractivity contribution in [3.8, 4) is 0 Å². The molecule has 102 valence electrons. The van der Waals surface area contributed by atoms with Gasteiger partial charge in [0.15, 0.2) is 0 Å². The quantitative estimate of drug-likeness (QED) is 0.643. The highest BCUT2D eigenvalue weighted by Crippen LogP contribution is 2.08. The van der Waals surface area contributed by atoms with E-state index in [1.54, 1.807) is 30.3 Å². The van der Waals surface area contributed by atoms with Gasteiger partial charge in [0.1, 0.15) is 5.25 Å². The number of hydrogen-bond acceptors (Lipinski definition) is 5. The van der Waals surface area contributed by atoms with E-state index in [2.05, 4.69) is 5.32 Å². The van der Waals surface area contributed by atoms with Crippen LogP contribution < -0.4 is 5.32 Å². The summed E-state index contributed by atoms with van der Waals surface area (Å²) >= 11 is 0. The van der Waals surface area contributed by atoms with Gasteiger partial charge >= 0.3 is 0 Å². The Labute approximate surface area is 105 Å². The van der Waals surface area contributed by atoms with Crippen molar-refractivity contribution in [2.75, 3.05) is 17.6 Å².